The number of aromatic nitrogens is 2. The summed E-state index contributed by atoms with van der Waals surface area (Å²) < 4.78 is 10.7. The molecule has 0 unspecified atom stereocenters. The number of carbonyl (C=O) groups excluding carboxylic acids is 1. The number of nitrogens with one attached hydrogen (secondary N) is 1. The van der Waals surface area contributed by atoms with Crippen molar-refractivity contribution in [3.8, 4) is 17.2 Å². The quantitative estimate of drug-likeness (QED) is 0.705. The topological polar surface area (TPSA) is 80.5 Å². The molecule has 0 radical (unpaired) electrons. The molecule has 1 aliphatic rings. The Kier molecular flexibility index (Phi) is 5.23. The van der Waals surface area contributed by atoms with Gasteiger partial charge < -0.3 is 19.4 Å². The lowest BCUT2D eigenvalue weighted by Gasteiger charge is -2.19. The number of hydrogen-bond donors (Lipinski definition) is 1. The molecule has 0 atom stereocenters. The zero-order valence-electron chi connectivity index (χ0n) is 15.7. The van der Waals surface area contributed by atoms with Crippen molar-refractivity contribution in [1.29, 1.82) is 0 Å². The van der Waals surface area contributed by atoms with E-state index in [2.05, 4.69) is 32.5 Å². The maximum atomic E-state index is 12.3. The summed E-state index contributed by atoms with van der Waals surface area (Å²) in [6.07, 6.45) is 3.76. The van der Waals surface area contributed by atoms with E-state index in [1.807, 2.05) is 25.1 Å². The molecule has 2 heterocycles. The standard InChI is InChI=1S/C21H22N4O3/c1-15-12-17(25-10-2-3-11-25)6-9-19(15)23-20(26)13-27-18-7-4-16(5-8-18)21-24-22-14-28-21/h4-9,12,14H,2-3,10-11,13H2,1H3,(H,23,26). The molecule has 1 fully saturated rings. The minimum absolute atomic E-state index is 0.0623. The van der Waals surface area contributed by atoms with E-state index in [1.54, 1.807) is 12.1 Å². The molecule has 1 aromatic heterocycles. The van der Waals surface area contributed by atoms with Crippen molar-refractivity contribution in [3.63, 3.8) is 0 Å². The first-order valence-electron chi connectivity index (χ1n) is 9.34. The second kappa shape index (κ2) is 8.12. The van der Waals surface area contributed by atoms with Gasteiger partial charge in [-0.15, -0.1) is 10.2 Å². The summed E-state index contributed by atoms with van der Waals surface area (Å²) in [7, 11) is 0. The summed E-state index contributed by atoms with van der Waals surface area (Å²) in [6, 6.07) is 13.3. The lowest BCUT2D eigenvalue weighted by molar-refractivity contribution is -0.118. The molecule has 28 heavy (non-hydrogen) atoms. The summed E-state index contributed by atoms with van der Waals surface area (Å²) >= 11 is 0. The number of benzene rings is 2. The van der Waals surface area contributed by atoms with Crippen LogP contribution >= 0.6 is 0 Å². The second-order valence-corrected chi connectivity index (χ2v) is 6.80. The average molecular weight is 378 g/mol. The first-order valence-corrected chi connectivity index (χ1v) is 9.34. The molecule has 3 aromatic rings. The summed E-state index contributed by atoms with van der Waals surface area (Å²) in [5.74, 6) is 0.842. The predicted octanol–water partition coefficient (Wildman–Crippen LogP) is 3.66. The van der Waals surface area contributed by atoms with Gasteiger partial charge in [-0.2, -0.15) is 0 Å². The van der Waals surface area contributed by atoms with Gasteiger partial charge in [0, 0.05) is 30.0 Å². The number of aryl methyl sites for hydroxylation is 1. The molecule has 7 nitrogen and oxygen atoms in total. The van der Waals surface area contributed by atoms with E-state index in [0.29, 0.717) is 11.6 Å². The predicted molar refractivity (Wildman–Crippen MR) is 106 cm³/mol. The molecular formula is C21H22N4O3. The van der Waals surface area contributed by atoms with Crippen molar-refractivity contribution in [1.82, 2.24) is 10.2 Å². The fraction of sp³-hybridized carbons (Fsp3) is 0.286. The Morgan fingerprint density at radius 3 is 2.64 bits per heavy atom. The fourth-order valence-electron chi connectivity index (χ4n) is 3.29. The minimum atomic E-state index is -0.196. The minimum Gasteiger partial charge on any atom is -0.484 e. The van der Waals surface area contributed by atoms with Crippen LogP contribution in [0.4, 0.5) is 11.4 Å². The van der Waals surface area contributed by atoms with Crippen LogP contribution in [0.2, 0.25) is 0 Å². The zero-order chi connectivity index (χ0) is 19.3. The molecule has 4 rings (SSSR count). The lowest BCUT2D eigenvalue weighted by atomic mass is 10.1. The highest BCUT2D eigenvalue weighted by molar-refractivity contribution is 5.92. The third-order valence-corrected chi connectivity index (χ3v) is 4.79. The maximum Gasteiger partial charge on any atom is 0.262 e. The van der Waals surface area contributed by atoms with E-state index in [-0.39, 0.29) is 12.5 Å². The van der Waals surface area contributed by atoms with Crippen molar-refractivity contribution in [2.75, 3.05) is 29.9 Å². The smallest absolute Gasteiger partial charge is 0.262 e. The third-order valence-electron chi connectivity index (χ3n) is 4.79. The van der Waals surface area contributed by atoms with E-state index >= 15 is 0 Å². The molecular weight excluding hydrogens is 356 g/mol. The number of ether oxygens (including phenoxy) is 1. The van der Waals surface area contributed by atoms with Crippen LogP contribution in [0.15, 0.2) is 53.3 Å². The van der Waals surface area contributed by atoms with Gasteiger partial charge in [-0.1, -0.05) is 0 Å². The van der Waals surface area contributed by atoms with Crippen LogP contribution in [0.25, 0.3) is 11.5 Å². The van der Waals surface area contributed by atoms with E-state index in [0.717, 1.165) is 29.9 Å². The SMILES string of the molecule is Cc1cc(N2CCCC2)ccc1NC(=O)COc1ccc(-c2nnco2)cc1. The first kappa shape index (κ1) is 18.0. The number of anilines is 2. The van der Waals surface area contributed by atoms with Crippen molar-refractivity contribution in [2.45, 2.75) is 19.8 Å². The third kappa shape index (κ3) is 4.14. The molecule has 0 bridgehead atoms. The molecule has 0 aliphatic carbocycles. The molecule has 1 N–H and O–H groups in total. The van der Waals surface area contributed by atoms with Gasteiger partial charge in [-0.3, -0.25) is 4.79 Å². The van der Waals surface area contributed by atoms with Gasteiger partial charge in [0.1, 0.15) is 5.75 Å². The van der Waals surface area contributed by atoms with Crippen LogP contribution in [0, 0.1) is 6.92 Å². The fourth-order valence-corrected chi connectivity index (χ4v) is 3.29. The first-order chi connectivity index (χ1) is 13.7. The highest BCUT2D eigenvalue weighted by atomic mass is 16.5. The molecule has 1 aliphatic heterocycles. The summed E-state index contributed by atoms with van der Waals surface area (Å²) in [6.45, 7) is 4.15. The number of nitrogens with zero attached hydrogens (tertiary/aromatic N) is 3. The number of amides is 1. The van der Waals surface area contributed by atoms with Gasteiger partial charge in [0.15, 0.2) is 6.61 Å². The largest absolute Gasteiger partial charge is 0.484 e. The van der Waals surface area contributed by atoms with Crippen LogP contribution < -0.4 is 15.0 Å². The van der Waals surface area contributed by atoms with Crippen LogP contribution in [0.1, 0.15) is 18.4 Å². The monoisotopic (exact) mass is 378 g/mol. The Bertz CT molecular complexity index is 933. The Hall–Kier alpha value is -3.35. The van der Waals surface area contributed by atoms with E-state index in [4.69, 9.17) is 9.15 Å². The summed E-state index contributed by atoms with van der Waals surface area (Å²) in [5, 5.41) is 10.4. The molecule has 144 valence electrons. The molecule has 2 aromatic carbocycles. The van der Waals surface area contributed by atoms with Crippen molar-refractivity contribution in [3.05, 3.63) is 54.4 Å². The van der Waals surface area contributed by atoms with E-state index < -0.39 is 0 Å². The zero-order valence-corrected chi connectivity index (χ0v) is 15.7. The van der Waals surface area contributed by atoms with E-state index in [9.17, 15) is 4.79 Å². The molecule has 1 saturated heterocycles. The Labute approximate surface area is 163 Å². The van der Waals surface area contributed by atoms with Crippen molar-refractivity contribution >= 4 is 17.3 Å². The van der Waals surface area contributed by atoms with Crippen LogP contribution in [0.5, 0.6) is 5.75 Å². The van der Waals surface area contributed by atoms with Crippen LogP contribution in [0.3, 0.4) is 0 Å². The Morgan fingerprint density at radius 1 is 1.18 bits per heavy atom. The number of hydrogen-bond acceptors (Lipinski definition) is 6. The average Bonchev–Trinajstić information content (AvgIpc) is 3.42. The van der Waals surface area contributed by atoms with Gasteiger partial charge in [0.05, 0.1) is 0 Å². The highest BCUT2D eigenvalue weighted by Crippen LogP contribution is 2.25. The normalized spacial score (nSPS) is 13.5. The van der Waals surface area contributed by atoms with Gasteiger partial charge in [0.2, 0.25) is 12.3 Å². The van der Waals surface area contributed by atoms with Crippen molar-refractivity contribution in [2.24, 2.45) is 0 Å². The van der Waals surface area contributed by atoms with Crippen LogP contribution in [-0.2, 0) is 4.79 Å². The summed E-state index contributed by atoms with van der Waals surface area (Å²) in [4.78, 5) is 14.6. The van der Waals surface area contributed by atoms with Crippen LogP contribution in [-0.4, -0.2) is 35.8 Å². The number of rotatable bonds is 6. The maximum absolute atomic E-state index is 12.3. The van der Waals surface area contributed by atoms with Gasteiger partial charge >= 0.3 is 0 Å². The molecule has 1 amide bonds. The molecule has 0 saturated carbocycles. The van der Waals surface area contributed by atoms with Gasteiger partial charge in [0.25, 0.3) is 5.91 Å². The van der Waals surface area contributed by atoms with Crippen molar-refractivity contribution < 1.29 is 13.9 Å². The summed E-state index contributed by atoms with van der Waals surface area (Å²) in [5.41, 5.74) is 3.86. The van der Waals surface area contributed by atoms with Gasteiger partial charge in [-0.25, -0.2) is 0 Å². The highest BCUT2D eigenvalue weighted by Gasteiger charge is 2.14. The van der Waals surface area contributed by atoms with Gasteiger partial charge in [-0.05, 0) is 67.8 Å². The molecule has 7 heteroatoms. The Morgan fingerprint density at radius 2 is 1.96 bits per heavy atom. The second-order valence-electron chi connectivity index (χ2n) is 6.80. The van der Waals surface area contributed by atoms with E-state index in [1.165, 1.54) is 24.9 Å². The number of carbonyl (C=O) groups is 1. The lowest BCUT2D eigenvalue weighted by Crippen LogP contribution is -2.21. The Balaban J connectivity index is 1.32. The molecule has 0 spiro atoms.